The first-order valence-electron chi connectivity index (χ1n) is 8.67. The first kappa shape index (κ1) is 17.0. The molecule has 0 radical (unpaired) electrons. The maximum absolute atomic E-state index is 9.98. The lowest BCUT2D eigenvalue weighted by Gasteiger charge is -2.21. The van der Waals surface area contributed by atoms with Crippen LogP contribution in [0.4, 0.5) is 0 Å². The Kier molecular flexibility index (Phi) is 4.61. The maximum atomic E-state index is 9.98. The van der Waals surface area contributed by atoms with E-state index in [0.717, 1.165) is 29.0 Å². The molecule has 6 nitrogen and oxygen atoms in total. The minimum atomic E-state index is -0.182. The van der Waals surface area contributed by atoms with Crippen LogP contribution in [0.25, 0.3) is 0 Å². The SMILES string of the molecule is COc1cc(C[C@@H]2CO[C@@H](c3ccc4c(c3)OCO4)[C@@H]2CO)ccc1O. The number of methoxy groups -OCH3 is 1. The fourth-order valence-electron chi connectivity index (χ4n) is 3.76. The molecular formula is C20H22O6. The molecular weight excluding hydrogens is 336 g/mol. The summed E-state index contributed by atoms with van der Waals surface area (Å²) in [6.07, 6.45) is 0.557. The molecule has 6 heteroatoms. The second-order valence-corrected chi connectivity index (χ2v) is 6.68. The molecule has 0 saturated carbocycles. The van der Waals surface area contributed by atoms with Crippen LogP contribution in [0, 0.1) is 11.8 Å². The van der Waals surface area contributed by atoms with E-state index in [0.29, 0.717) is 12.4 Å². The monoisotopic (exact) mass is 358 g/mol. The molecule has 0 aliphatic carbocycles. The summed E-state index contributed by atoms with van der Waals surface area (Å²) in [5.74, 6) is 2.18. The summed E-state index contributed by atoms with van der Waals surface area (Å²) in [4.78, 5) is 0. The zero-order valence-electron chi connectivity index (χ0n) is 14.6. The van der Waals surface area contributed by atoms with Crippen molar-refractivity contribution in [3.63, 3.8) is 0 Å². The van der Waals surface area contributed by atoms with Gasteiger partial charge in [0, 0.05) is 12.5 Å². The molecule has 26 heavy (non-hydrogen) atoms. The molecule has 0 amide bonds. The Bertz CT molecular complexity index is 790. The van der Waals surface area contributed by atoms with Gasteiger partial charge in [-0.2, -0.15) is 0 Å². The number of benzene rings is 2. The summed E-state index contributed by atoms with van der Waals surface area (Å²) < 4.78 is 22.0. The van der Waals surface area contributed by atoms with Gasteiger partial charge in [-0.1, -0.05) is 12.1 Å². The molecule has 1 fully saturated rings. The average Bonchev–Trinajstić information content (AvgIpc) is 3.28. The lowest BCUT2D eigenvalue weighted by molar-refractivity contribution is 0.0717. The van der Waals surface area contributed by atoms with Crippen molar-refractivity contribution < 1.29 is 29.2 Å². The molecule has 2 aromatic rings. The molecule has 2 aliphatic heterocycles. The Hall–Kier alpha value is -2.44. The van der Waals surface area contributed by atoms with Gasteiger partial charge in [0.1, 0.15) is 0 Å². The second kappa shape index (κ2) is 7.05. The summed E-state index contributed by atoms with van der Waals surface area (Å²) in [5, 5.41) is 19.7. The molecule has 0 unspecified atom stereocenters. The van der Waals surface area contributed by atoms with E-state index in [1.807, 2.05) is 30.3 Å². The molecule has 0 aromatic heterocycles. The second-order valence-electron chi connectivity index (χ2n) is 6.68. The van der Waals surface area contributed by atoms with E-state index in [9.17, 15) is 10.2 Å². The smallest absolute Gasteiger partial charge is 0.231 e. The molecule has 2 N–H and O–H groups in total. The number of rotatable bonds is 5. The number of fused-ring (bicyclic) bond motifs is 1. The predicted octanol–water partition coefficient (Wildman–Crippen LogP) is 2.67. The minimum Gasteiger partial charge on any atom is -0.504 e. The van der Waals surface area contributed by atoms with Gasteiger partial charge in [0.05, 0.1) is 19.8 Å². The van der Waals surface area contributed by atoms with Crippen LogP contribution in [0.5, 0.6) is 23.0 Å². The van der Waals surface area contributed by atoms with Gasteiger partial charge in [-0.05, 0) is 47.7 Å². The van der Waals surface area contributed by atoms with Crippen LogP contribution in [0.1, 0.15) is 17.2 Å². The van der Waals surface area contributed by atoms with Gasteiger partial charge in [-0.25, -0.2) is 0 Å². The van der Waals surface area contributed by atoms with E-state index in [1.165, 1.54) is 7.11 Å². The molecule has 3 atom stereocenters. The Morgan fingerprint density at radius 2 is 1.96 bits per heavy atom. The number of aromatic hydroxyl groups is 1. The average molecular weight is 358 g/mol. The highest BCUT2D eigenvalue weighted by Gasteiger charge is 2.38. The van der Waals surface area contributed by atoms with E-state index < -0.39 is 0 Å². The van der Waals surface area contributed by atoms with Crippen LogP contribution in [-0.2, 0) is 11.2 Å². The van der Waals surface area contributed by atoms with Crippen molar-refractivity contribution in [2.75, 3.05) is 27.1 Å². The summed E-state index contributed by atoms with van der Waals surface area (Å²) in [6.45, 7) is 0.839. The number of hydrogen-bond donors (Lipinski definition) is 2. The van der Waals surface area contributed by atoms with Gasteiger partial charge in [0.15, 0.2) is 23.0 Å². The molecule has 2 aromatic carbocycles. The van der Waals surface area contributed by atoms with Crippen LogP contribution < -0.4 is 14.2 Å². The molecule has 1 saturated heterocycles. The number of aliphatic hydroxyl groups is 1. The summed E-state index contributed by atoms with van der Waals surface area (Å²) >= 11 is 0. The van der Waals surface area contributed by atoms with Gasteiger partial charge < -0.3 is 29.2 Å². The van der Waals surface area contributed by atoms with Crippen molar-refractivity contribution in [2.24, 2.45) is 11.8 Å². The van der Waals surface area contributed by atoms with Gasteiger partial charge >= 0.3 is 0 Å². The number of phenolic OH excluding ortho intramolecular Hbond substituents is 1. The number of ether oxygens (including phenoxy) is 4. The fourth-order valence-corrected chi connectivity index (χ4v) is 3.76. The van der Waals surface area contributed by atoms with Gasteiger partial charge in [0.2, 0.25) is 6.79 Å². The van der Waals surface area contributed by atoms with Crippen LogP contribution in [0.3, 0.4) is 0 Å². The first-order chi connectivity index (χ1) is 12.7. The molecule has 4 rings (SSSR count). The van der Waals surface area contributed by atoms with Crippen molar-refractivity contribution in [1.29, 1.82) is 0 Å². The highest BCUT2D eigenvalue weighted by atomic mass is 16.7. The highest BCUT2D eigenvalue weighted by molar-refractivity contribution is 5.45. The van der Waals surface area contributed by atoms with E-state index in [-0.39, 0.29) is 37.1 Å². The molecule has 0 spiro atoms. The van der Waals surface area contributed by atoms with E-state index in [1.54, 1.807) is 6.07 Å². The number of phenols is 1. The fraction of sp³-hybridized carbons (Fsp3) is 0.400. The predicted molar refractivity (Wildman–Crippen MR) is 93.7 cm³/mol. The van der Waals surface area contributed by atoms with Crippen LogP contribution >= 0.6 is 0 Å². The first-order valence-corrected chi connectivity index (χ1v) is 8.67. The molecule has 0 bridgehead atoms. The minimum absolute atomic E-state index is 0.0184. The third kappa shape index (κ3) is 3.06. The van der Waals surface area contributed by atoms with Gasteiger partial charge in [-0.15, -0.1) is 0 Å². The maximum Gasteiger partial charge on any atom is 0.231 e. The Labute approximate surface area is 151 Å². The summed E-state index contributed by atoms with van der Waals surface area (Å²) in [5.41, 5.74) is 2.03. The third-order valence-corrected chi connectivity index (χ3v) is 5.16. The lowest BCUT2D eigenvalue weighted by atomic mass is 9.84. The van der Waals surface area contributed by atoms with Crippen LogP contribution in [0.2, 0.25) is 0 Å². The highest BCUT2D eigenvalue weighted by Crippen LogP contribution is 2.43. The van der Waals surface area contributed by atoms with Crippen LogP contribution in [-0.4, -0.2) is 37.3 Å². The van der Waals surface area contributed by atoms with Crippen LogP contribution in [0.15, 0.2) is 36.4 Å². The van der Waals surface area contributed by atoms with Crippen molar-refractivity contribution in [2.45, 2.75) is 12.5 Å². The molecule has 138 valence electrons. The van der Waals surface area contributed by atoms with Crippen molar-refractivity contribution in [3.05, 3.63) is 47.5 Å². The zero-order valence-corrected chi connectivity index (χ0v) is 14.6. The Morgan fingerprint density at radius 3 is 2.77 bits per heavy atom. The number of aliphatic hydroxyl groups excluding tert-OH is 1. The van der Waals surface area contributed by atoms with Gasteiger partial charge in [-0.3, -0.25) is 0 Å². The van der Waals surface area contributed by atoms with E-state index >= 15 is 0 Å². The Balaban J connectivity index is 1.52. The normalized spacial score (nSPS) is 24.0. The van der Waals surface area contributed by atoms with E-state index in [2.05, 4.69) is 0 Å². The Morgan fingerprint density at radius 1 is 1.12 bits per heavy atom. The molecule has 2 heterocycles. The topological polar surface area (TPSA) is 77.4 Å². The number of hydrogen-bond acceptors (Lipinski definition) is 6. The third-order valence-electron chi connectivity index (χ3n) is 5.16. The zero-order chi connectivity index (χ0) is 18.1. The van der Waals surface area contributed by atoms with Crippen molar-refractivity contribution in [1.82, 2.24) is 0 Å². The lowest BCUT2D eigenvalue weighted by Crippen LogP contribution is -2.21. The van der Waals surface area contributed by atoms with E-state index in [4.69, 9.17) is 18.9 Å². The summed E-state index contributed by atoms with van der Waals surface area (Å²) in [7, 11) is 1.53. The van der Waals surface area contributed by atoms with Crippen molar-refractivity contribution in [3.8, 4) is 23.0 Å². The quantitative estimate of drug-likeness (QED) is 0.856. The van der Waals surface area contributed by atoms with Crippen molar-refractivity contribution >= 4 is 0 Å². The molecule has 2 aliphatic rings. The largest absolute Gasteiger partial charge is 0.504 e. The van der Waals surface area contributed by atoms with Gasteiger partial charge in [0.25, 0.3) is 0 Å². The standard InChI is InChI=1S/C20H22O6/c1-23-18-7-12(2-4-16(18)22)6-14-10-24-20(15(14)9-21)13-3-5-17-19(8-13)26-11-25-17/h2-5,7-8,14-15,20-22H,6,9-11H2,1H3/t14-,15-,20+/m1/s1. The summed E-state index contributed by atoms with van der Waals surface area (Å²) in [6, 6.07) is 11.1.